The second kappa shape index (κ2) is 3.98. The lowest BCUT2D eigenvalue weighted by Crippen LogP contribution is -2.64. The van der Waals surface area contributed by atoms with Crippen molar-refractivity contribution in [1.82, 2.24) is 0 Å². The van der Waals surface area contributed by atoms with Gasteiger partial charge >= 0.3 is 0 Å². The Kier molecular flexibility index (Phi) is 2.56. The molecule has 0 saturated heterocycles. The number of para-hydroxylation sites is 1. The summed E-state index contributed by atoms with van der Waals surface area (Å²) >= 11 is 3.59. The fourth-order valence-corrected chi connectivity index (χ4v) is 5.49. The molecule has 19 heavy (non-hydrogen) atoms. The van der Waals surface area contributed by atoms with Gasteiger partial charge in [-0.1, -0.05) is 12.1 Å². The van der Waals surface area contributed by atoms with E-state index in [9.17, 15) is 0 Å². The molecule has 2 atom stereocenters. The smallest absolute Gasteiger partial charge is 0.134 e. The zero-order valence-electron chi connectivity index (χ0n) is 11.1. The molecular weight excluding hydrogens is 302 g/mol. The molecular formula is C16H20BrNO. The zero-order chi connectivity index (χ0) is 13.1. The third-order valence-electron chi connectivity index (χ3n) is 5.22. The number of halogens is 1. The number of benzene rings is 1. The standard InChI is InChI=1S/C16H20BrNO/c17-13-3-1-2-4-14(13)19-16-8-11-5-12(9-16)7-15(18,6-11)10-16/h1-4,11-12H,5-10,18H2. The van der Waals surface area contributed by atoms with Gasteiger partial charge in [-0.05, 0) is 72.0 Å². The van der Waals surface area contributed by atoms with E-state index in [0.717, 1.165) is 28.5 Å². The van der Waals surface area contributed by atoms with Gasteiger partial charge in [-0.3, -0.25) is 0 Å². The van der Waals surface area contributed by atoms with Crippen LogP contribution in [0.25, 0.3) is 0 Å². The molecule has 2 nitrogen and oxygen atoms in total. The largest absolute Gasteiger partial charge is 0.486 e. The molecule has 102 valence electrons. The zero-order valence-corrected chi connectivity index (χ0v) is 12.7. The fraction of sp³-hybridized carbons (Fsp3) is 0.625. The quantitative estimate of drug-likeness (QED) is 0.897. The first-order chi connectivity index (χ1) is 9.06. The third-order valence-corrected chi connectivity index (χ3v) is 5.87. The van der Waals surface area contributed by atoms with Crippen molar-refractivity contribution >= 4 is 15.9 Å². The van der Waals surface area contributed by atoms with Gasteiger partial charge in [0.15, 0.2) is 0 Å². The van der Waals surface area contributed by atoms with Crippen molar-refractivity contribution < 1.29 is 4.74 Å². The van der Waals surface area contributed by atoms with E-state index < -0.39 is 0 Å². The monoisotopic (exact) mass is 321 g/mol. The minimum atomic E-state index is 0.00269. The SMILES string of the molecule is NC12CC3CC(C1)CC(Oc1ccccc1Br)(C3)C2. The summed E-state index contributed by atoms with van der Waals surface area (Å²) in [6, 6.07) is 8.18. The van der Waals surface area contributed by atoms with Crippen molar-refractivity contribution in [2.75, 3.05) is 0 Å². The van der Waals surface area contributed by atoms with Crippen LogP contribution in [0, 0.1) is 11.8 Å². The molecule has 4 aliphatic carbocycles. The highest BCUT2D eigenvalue weighted by molar-refractivity contribution is 9.10. The van der Waals surface area contributed by atoms with Gasteiger partial charge in [0, 0.05) is 12.0 Å². The van der Waals surface area contributed by atoms with E-state index in [0.29, 0.717) is 0 Å². The Morgan fingerprint density at radius 2 is 1.79 bits per heavy atom. The molecule has 1 aromatic rings. The van der Waals surface area contributed by atoms with Crippen LogP contribution < -0.4 is 10.5 Å². The van der Waals surface area contributed by atoms with Gasteiger partial charge in [-0.25, -0.2) is 0 Å². The Hall–Kier alpha value is -0.540. The Morgan fingerprint density at radius 3 is 2.42 bits per heavy atom. The molecule has 1 aromatic carbocycles. The maximum atomic E-state index is 6.61. The first-order valence-corrected chi connectivity index (χ1v) is 8.08. The van der Waals surface area contributed by atoms with Crippen LogP contribution in [0.1, 0.15) is 38.5 Å². The number of hydrogen-bond acceptors (Lipinski definition) is 2. The summed E-state index contributed by atoms with van der Waals surface area (Å²) in [6.07, 6.45) is 7.23. The van der Waals surface area contributed by atoms with Gasteiger partial charge in [-0.15, -0.1) is 0 Å². The summed E-state index contributed by atoms with van der Waals surface area (Å²) in [6.45, 7) is 0. The predicted molar refractivity (Wildman–Crippen MR) is 79.1 cm³/mol. The highest BCUT2D eigenvalue weighted by atomic mass is 79.9. The normalized spacial score (nSPS) is 43.5. The molecule has 4 aliphatic rings. The Bertz CT molecular complexity index is 501. The van der Waals surface area contributed by atoms with Crippen LogP contribution in [0.3, 0.4) is 0 Å². The van der Waals surface area contributed by atoms with Crippen molar-refractivity contribution in [1.29, 1.82) is 0 Å². The number of nitrogens with two attached hydrogens (primary N) is 1. The molecule has 2 unspecified atom stereocenters. The average molecular weight is 322 g/mol. The Morgan fingerprint density at radius 1 is 1.11 bits per heavy atom. The van der Waals surface area contributed by atoms with Crippen molar-refractivity contribution in [3.05, 3.63) is 28.7 Å². The fourth-order valence-electron chi connectivity index (χ4n) is 5.13. The summed E-state index contributed by atoms with van der Waals surface area (Å²) in [5.74, 6) is 2.55. The van der Waals surface area contributed by atoms with E-state index >= 15 is 0 Å². The summed E-state index contributed by atoms with van der Waals surface area (Å²) in [5.41, 5.74) is 6.66. The van der Waals surface area contributed by atoms with Gasteiger partial charge in [0.05, 0.1) is 4.47 Å². The lowest BCUT2D eigenvalue weighted by atomic mass is 9.51. The molecule has 0 heterocycles. The van der Waals surface area contributed by atoms with Crippen molar-refractivity contribution in [2.24, 2.45) is 17.6 Å². The Labute approximate surface area is 122 Å². The topological polar surface area (TPSA) is 35.2 Å². The van der Waals surface area contributed by atoms with Crippen LogP contribution in [0.5, 0.6) is 5.75 Å². The molecule has 0 spiro atoms. The van der Waals surface area contributed by atoms with E-state index in [-0.39, 0.29) is 11.1 Å². The maximum absolute atomic E-state index is 6.61. The van der Waals surface area contributed by atoms with Gasteiger partial charge in [0.25, 0.3) is 0 Å². The van der Waals surface area contributed by atoms with Gasteiger partial charge in [-0.2, -0.15) is 0 Å². The molecule has 4 saturated carbocycles. The molecule has 4 bridgehead atoms. The molecule has 0 radical (unpaired) electrons. The van der Waals surface area contributed by atoms with E-state index in [1.807, 2.05) is 18.2 Å². The van der Waals surface area contributed by atoms with E-state index in [1.165, 1.54) is 32.1 Å². The summed E-state index contributed by atoms with van der Waals surface area (Å²) in [7, 11) is 0. The van der Waals surface area contributed by atoms with Gasteiger partial charge in [0.1, 0.15) is 11.4 Å². The molecule has 2 N–H and O–H groups in total. The highest BCUT2D eigenvalue weighted by Crippen LogP contribution is 2.58. The van der Waals surface area contributed by atoms with Crippen LogP contribution in [0.2, 0.25) is 0 Å². The molecule has 5 rings (SSSR count). The summed E-state index contributed by atoms with van der Waals surface area (Å²) < 4.78 is 7.54. The van der Waals surface area contributed by atoms with Crippen LogP contribution in [0.4, 0.5) is 0 Å². The Balaban J connectivity index is 1.66. The molecule has 4 fully saturated rings. The van der Waals surface area contributed by atoms with Crippen molar-refractivity contribution in [2.45, 2.75) is 49.7 Å². The third kappa shape index (κ3) is 2.02. The minimum absolute atomic E-state index is 0.00269. The summed E-state index contributed by atoms with van der Waals surface area (Å²) in [5, 5.41) is 0. The molecule has 0 amide bonds. The molecule has 0 aromatic heterocycles. The van der Waals surface area contributed by atoms with Crippen LogP contribution in [0.15, 0.2) is 28.7 Å². The van der Waals surface area contributed by atoms with E-state index in [1.54, 1.807) is 0 Å². The lowest BCUT2D eigenvalue weighted by Gasteiger charge is -2.60. The lowest BCUT2D eigenvalue weighted by molar-refractivity contribution is -0.117. The number of rotatable bonds is 2. The number of ether oxygens (including phenoxy) is 1. The first kappa shape index (κ1) is 12.2. The first-order valence-electron chi connectivity index (χ1n) is 7.28. The second-order valence-corrected chi connectivity index (χ2v) is 7.89. The van der Waals surface area contributed by atoms with E-state index in [4.69, 9.17) is 10.5 Å². The van der Waals surface area contributed by atoms with Crippen LogP contribution in [-0.2, 0) is 0 Å². The molecule has 0 aliphatic heterocycles. The summed E-state index contributed by atoms with van der Waals surface area (Å²) in [4.78, 5) is 0. The van der Waals surface area contributed by atoms with E-state index in [2.05, 4.69) is 22.0 Å². The van der Waals surface area contributed by atoms with Gasteiger partial charge in [0.2, 0.25) is 0 Å². The maximum Gasteiger partial charge on any atom is 0.134 e. The number of hydrogen-bond donors (Lipinski definition) is 1. The minimum Gasteiger partial charge on any atom is -0.486 e. The predicted octanol–water partition coefficient (Wildman–Crippen LogP) is 3.88. The average Bonchev–Trinajstić information content (AvgIpc) is 2.28. The van der Waals surface area contributed by atoms with Crippen LogP contribution in [-0.4, -0.2) is 11.1 Å². The highest BCUT2D eigenvalue weighted by Gasteiger charge is 2.57. The van der Waals surface area contributed by atoms with Crippen LogP contribution >= 0.6 is 15.9 Å². The molecule has 3 heteroatoms. The van der Waals surface area contributed by atoms with Gasteiger partial charge < -0.3 is 10.5 Å². The van der Waals surface area contributed by atoms with Crippen molar-refractivity contribution in [3.8, 4) is 5.75 Å². The van der Waals surface area contributed by atoms with Crippen molar-refractivity contribution in [3.63, 3.8) is 0 Å². The second-order valence-electron chi connectivity index (χ2n) is 7.04.